The van der Waals surface area contributed by atoms with Gasteiger partial charge in [-0.15, -0.1) is 0 Å². The van der Waals surface area contributed by atoms with E-state index < -0.39 is 22.7 Å². The van der Waals surface area contributed by atoms with Gasteiger partial charge in [0.05, 0.1) is 15.5 Å². The minimum Gasteiger partial charge on any atom is -0.352 e. The number of aromatic nitrogens is 1. The Kier molecular flexibility index (Phi) is 6.01. The Labute approximate surface area is 174 Å². The number of piperazine rings is 1. The molecule has 0 saturated carbocycles. The molecule has 12 heteroatoms. The molecule has 3 rings (SSSR count). The van der Waals surface area contributed by atoms with Crippen molar-refractivity contribution in [3.05, 3.63) is 57.2 Å². The van der Waals surface area contributed by atoms with Crippen LogP contribution in [0.25, 0.3) is 0 Å². The number of pyridine rings is 1. The van der Waals surface area contributed by atoms with Crippen LogP contribution < -0.4 is 10.2 Å². The Morgan fingerprint density at radius 1 is 1.30 bits per heavy atom. The van der Waals surface area contributed by atoms with E-state index in [1.165, 1.54) is 18.2 Å². The average Bonchev–Trinajstić information content (AvgIpc) is 2.67. The van der Waals surface area contributed by atoms with Gasteiger partial charge in [0.2, 0.25) is 0 Å². The number of hydrogen-bond acceptors (Lipinski definition) is 5. The SMILES string of the molecule is CC1CN(c2ncc([N+](=O)[O-])cc2Cl)CCN1C(=O)Nc1ccc(C(F)(F)F)cc1. The number of benzene rings is 1. The first-order valence-corrected chi connectivity index (χ1v) is 9.24. The highest BCUT2D eigenvalue weighted by atomic mass is 35.5. The van der Waals surface area contributed by atoms with Crippen LogP contribution in [-0.2, 0) is 6.18 Å². The molecule has 1 saturated heterocycles. The first-order chi connectivity index (χ1) is 14.1. The van der Waals surface area contributed by atoms with E-state index in [1.807, 2.05) is 4.90 Å². The zero-order valence-electron chi connectivity index (χ0n) is 15.7. The molecular formula is C18H17ClF3N5O3. The van der Waals surface area contributed by atoms with E-state index in [1.54, 1.807) is 11.8 Å². The number of hydrogen-bond donors (Lipinski definition) is 1. The van der Waals surface area contributed by atoms with Crippen molar-refractivity contribution in [2.45, 2.75) is 19.1 Å². The van der Waals surface area contributed by atoms with Gasteiger partial charge in [-0.3, -0.25) is 10.1 Å². The molecule has 1 unspecified atom stereocenters. The standard InChI is InChI=1S/C18H17ClF3N5O3/c1-11-10-25(16-15(19)8-14(9-23-16)27(29)30)6-7-26(11)17(28)24-13-4-2-12(3-5-13)18(20,21)22/h2-5,8-9,11H,6-7,10H2,1H3,(H,24,28). The molecule has 1 N–H and O–H groups in total. The van der Waals surface area contributed by atoms with Gasteiger partial charge in [0.1, 0.15) is 12.0 Å². The smallest absolute Gasteiger partial charge is 0.352 e. The number of carbonyl (C=O) groups is 1. The average molecular weight is 444 g/mol. The van der Waals surface area contributed by atoms with E-state index in [9.17, 15) is 28.1 Å². The van der Waals surface area contributed by atoms with Crippen molar-refractivity contribution >= 4 is 34.8 Å². The van der Waals surface area contributed by atoms with Crippen LogP contribution >= 0.6 is 11.6 Å². The highest BCUT2D eigenvalue weighted by Crippen LogP contribution is 2.31. The number of rotatable bonds is 3. The summed E-state index contributed by atoms with van der Waals surface area (Å²) in [6.45, 7) is 2.88. The van der Waals surface area contributed by atoms with Crippen molar-refractivity contribution in [3.8, 4) is 0 Å². The molecular weight excluding hydrogens is 427 g/mol. The predicted molar refractivity (Wildman–Crippen MR) is 105 cm³/mol. The number of amides is 2. The fourth-order valence-electron chi connectivity index (χ4n) is 3.14. The van der Waals surface area contributed by atoms with Crippen LogP contribution in [-0.4, -0.2) is 46.5 Å². The maximum Gasteiger partial charge on any atom is 0.416 e. The number of nitrogens with one attached hydrogen (secondary N) is 1. The Balaban J connectivity index is 1.64. The summed E-state index contributed by atoms with van der Waals surface area (Å²) >= 11 is 6.12. The predicted octanol–water partition coefficient (Wildman–Crippen LogP) is 4.40. The van der Waals surface area contributed by atoms with Gasteiger partial charge in [-0.25, -0.2) is 9.78 Å². The van der Waals surface area contributed by atoms with Crippen molar-refractivity contribution in [2.24, 2.45) is 0 Å². The van der Waals surface area contributed by atoms with Crippen LogP contribution in [0.4, 0.5) is 35.2 Å². The second-order valence-corrected chi connectivity index (χ2v) is 7.16. The van der Waals surface area contributed by atoms with E-state index in [2.05, 4.69) is 10.3 Å². The zero-order chi connectivity index (χ0) is 22.1. The van der Waals surface area contributed by atoms with E-state index >= 15 is 0 Å². The molecule has 0 radical (unpaired) electrons. The fourth-order valence-corrected chi connectivity index (χ4v) is 3.42. The highest BCUT2D eigenvalue weighted by Gasteiger charge is 2.31. The third-order valence-electron chi connectivity index (χ3n) is 4.67. The second-order valence-electron chi connectivity index (χ2n) is 6.75. The second kappa shape index (κ2) is 8.34. The molecule has 160 valence electrons. The summed E-state index contributed by atoms with van der Waals surface area (Å²) in [5, 5.41) is 13.5. The summed E-state index contributed by atoms with van der Waals surface area (Å²) in [5.74, 6) is 0.386. The van der Waals surface area contributed by atoms with Crippen LogP contribution in [0, 0.1) is 10.1 Å². The molecule has 2 aromatic rings. The Morgan fingerprint density at radius 2 is 1.97 bits per heavy atom. The third-order valence-corrected chi connectivity index (χ3v) is 4.95. The van der Waals surface area contributed by atoms with E-state index in [0.717, 1.165) is 18.3 Å². The van der Waals surface area contributed by atoms with Crippen molar-refractivity contribution < 1.29 is 22.9 Å². The maximum absolute atomic E-state index is 12.6. The molecule has 1 aromatic carbocycles. The Bertz CT molecular complexity index is 955. The number of halogens is 4. The van der Waals surface area contributed by atoms with Gasteiger partial charge < -0.3 is 15.1 Å². The Morgan fingerprint density at radius 3 is 2.50 bits per heavy atom. The number of anilines is 2. The van der Waals surface area contributed by atoms with Crippen LogP contribution in [0.1, 0.15) is 12.5 Å². The summed E-state index contributed by atoms with van der Waals surface area (Å²) in [7, 11) is 0. The number of nitrogens with zero attached hydrogens (tertiary/aromatic N) is 4. The molecule has 30 heavy (non-hydrogen) atoms. The van der Waals surface area contributed by atoms with Gasteiger partial charge in [0.25, 0.3) is 5.69 Å². The van der Waals surface area contributed by atoms with Gasteiger partial charge >= 0.3 is 12.2 Å². The highest BCUT2D eigenvalue weighted by molar-refractivity contribution is 6.33. The van der Waals surface area contributed by atoms with E-state index in [0.29, 0.717) is 25.5 Å². The molecule has 1 fully saturated rings. The molecule has 1 aliphatic rings. The lowest BCUT2D eigenvalue weighted by Crippen LogP contribution is -2.55. The number of alkyl halides is 3. The lowest BCUT2D eigenvalue weighted by Gasteiger charge is -2.40. The molecule has 2 heterocycles. The normalized spacial score (nSPS) is 17.0. The lowest BCUT2D eigenvalue weighted by atomic mass is 10.2. The first-order valence-electron chi connectivity index (χ1n) is 8.86. The van der Waals surface area contributed by atoms with Gasteiger partial charge in [-0.05, 0) is 31.2 Å². The van der Waals surface area contributed by atoms with Crippen molar-refractivity contribution in [2.75, 3.05) is 29.9 Å². The first kappa shape index (κ1) is 21.6. The van der Waals surface area contributed by atoms with Gasteiger partial charge in [-0.1, -0.05) is 11.6 Å². The Hall–Kier alpha value is -3.08. The minimum atomic E-state index is -4.44. The van der Waals surface area contributed by atoms with Crippen molar-refractivity contribution in [1.82, 2.24) is 9.88 Å². The topological polar surface area (TPSA) is 91.6 Å². The molecule has 0 bridgehead atoms. The largest absolute Gasteiger partial charge is 0.416 e. The lowest BCUT2D eigenvalue weighted by molar-refractivity contribution is -0.385. The molecule has 2 amide bonds. The summed E-state index contributed by atoms with van der Waals surface area (Å²) in [6.07, 6.45) is -3.32. The summed E-state index contributed by atoms with van der Waals surface area (Å²) < 4.78 is 37.9. The summed E-state index contributed by atoms with van der Waals surface area (Å²) in [5.41, 5.74) is -0.760. The number of urea groups is 1. The molecule has 1 atom stereocenters. The zero-order valence-corrected chi connectivity index (χ0v) is 16.4. The minimum absolute atomic E-state index is 0.138. The van der Waals surface area contributed by atoms with Crippen molar-refractivity contribution in [1.29, 1.82) is 0 Å². The van der Waals surface area contributed by atoms with Crippen LogP contribution in [0.5, 0.6) is 0 Å². The monoisotopic (exact) mass is 443 g/mol. The van der Waals surface area contributed by atoms with Crippen molar-refractivity contribution in [3.63, 3.8) is 0 Å². The van der Waals surface area contributed by atoms with Gasteiger partial charge in [0, 0.05) is 37.4 Å². The summed E-state index contributed by atoms with van der Waals surface area (Å²) in [4.78, 5) is 30.2. The third kappa shape index (κ3) is 4.73. The molecule has 1 aromatic heterocycles. The molecule has 0 spiro atoms. The van der Waals surface area contributed by atoms with Gasteiger partial charge in [-0.2, -0.15) is 13.2 Å². The number of nitro groups is 1. The molecule has 8 nitrogen and oxygen atoms in total. The van der Waals surface area contributed by atoms with E-state index in [-0.39, 0.29) is 22.4 Å². The molecule has 0 aliphatic carbocycles. The van der Waals surface area contributed by atoms with E-state index in [4.69, 9.17) is 11.6 Å². The quantitative estimate of drug-likeness (QED) is 0.560. The maximum atomic E-state index is 12.6. The summed E-state index contributed by atoms with van der Waals surface area (Å²) in [6, 6.07) is 4.71. The van der Waals surface area contributed by atoms with Crippen LogP contribution in [0.3, 0.4) is 0 Å². The fraction of sp³-hybridized carbons (Fsp3) is 0.333. The number of carbonyl (C=O) groups excluding carboxylic acids is 1. The molecule has 1 aliphatic heterocycles. The van der Waals surface area contributed by atoms with Crippen LogP contribution in [0.15, 0.2) is 36.5 Å². The van der Waals surface area contributed by atoms with Crippen LogP contribution in [0.2, 0.25) is 5.02 Å². The van der Waals surface area contributed by atoms with Gasteiger partial charge in [0.15, 0.2) is 0 Å².